The Labute approximate surface area is 125 Å². The molecule has 6 nitrogen and oxygen atoms in total. The van der Waals surface area contributed by atoms with Crippen molar-refractivity contribution < 1.29 is 29.7 Å². The van der Waals surface area contributed by atoms with Crippen LogP contribution in [0.1, 0.15) is 36.6 Å². The van der Waals surface area contributed by atoms with Crippen LogP contribution in [0, 0.1) is 6.92 Å². The number of rotatable bonds is 4. The first-order chi connectivity index (χ1) is 10.3. The fourth-order valence-corrected chi connectivity index (χ4v) is 2.14. The molecule has 0 unspecified atom stereocenters. The minimum Gasteiger partial charge on any atom is -0.545 e. The van der Waals surface area contributed by atoms with Gasteiger partial charge in [0, 0.05) is 5.56 Å². The van der Waals surface area contributed by atoms with E-state index in [1.54, 1.807) is 13.0 Å². The van der Waals surface area contributed by atoms with Crippen molar-refractivity contribution >= 4 is 17.9 Å². The van der Waals surface area contributed by atoms with Gasteiger partial charge in [0.15, 0.2) is 0 Å². The van der Waals surface area contributed by atoms with E-state index in [9.17, 15) is 29.7 Å². The van der Waals surface area contributed by atoms with Gasteiger partial charge in [0.2, 0.25) is 0 Å². The molecule has 0 fully saturated rings. The lowest BCUT2D eigenvalue weighted by atomic mass is 9.92. The van der Waals surface area contributed by atoms with E-state index >= 15 is 0 Å². The normalized spacial score (nSPS) is 10.2. The van der Waals surface area contributed by atoms with E-state index in [0.29, 0.717) is 5.56 Å². The minimum absolute atomic E-state index is 0.0200. The van der Waals surface area contributed by atoms with Crippen LogP contribution in [0.5, 0.6) is 0 Å². The third-order valence-electron chi connectivity index (χ3n) is 3.17. The molecule has 0 bridgehead atoms. The van der Waals surface area contributed by atoms with Gasteiger partial charge in [-0.2, -0.15) is 0 Å². The highest BCUT2D eigenvalue weighted by atomic mass is 16.4. The third-order valence-corrected chi connectivity index (χ3v) is 3.17. The first-order valence-corrected chi connectivity index (χ1v) is 6.22. The maximum absolute atomic E-state index is 11.3. The number of hydrogen-bond donors (Lipinski definition) is 1. The number of aromatic carboxylic acids is 3. The van der Waals surface area contributed by atoms with E-state index in [4.69, 9.17) is 0 Å². The molecule has 0 aliphatic heterocycles. The second-order valence-corrected chi connectivity index (χ2v) is 4.69. The Morgan fingerprint density at radius 2 is 1.55 bits per heavy atom. The zero-order valence-corrected chi connectivity index (χ0v) is 11.5. The van der Waals surface area contributed by atoms with Crippen LogP contribution in [0.3, 0.4) is 0 Å². The highest BCUT2D eigenvalue weighted by Crippen LogP contribution is 2.29. The monoisotopic (exact) mass is 298 g/mol. The van der Waals surface area contributed by atoms with Crippen LogP contribution in [0.15, 0.2) is 36.4 Å². The molecule has 112 valence electrons. The molecule has 0 radical (unpaired) electrons. The summed E-state index contributed by atoms with van der Waals surface area (Å²) in [5, 5.41) is 31.4. The van der Waals surface area contributed by atoms with Crippen LogP contribution in [-0.2, 0) is 0 Å². The number of aryl methyl sites for hydroxylation is 1. The molecule has 0 saturated heterocycles. The van der Waals surface area contributed by atoms with Gasteiger partial charge in [0.05, 0.1) is 17.5 Å². The second-order valence-electron chi connectivity index (χ2n) is 4.69. The molecule has 0 aromatic heterocycles. The second kappa shape index (κ2) is 5.69. The number of benzene rings is 2. The molecule has 2 aromatic rings. The maximum Gasteiger partial charge on any atom is 0.336 e. The zero-order valence-electron chi connectivity index (χ0n) is 11.5. The summed E-state index contributed by atoms with van der Waals surface area (Å²) in [6, 6.07) is 7.62. The van der Waals surface area contributed by atoms with E-state index in [0.717, 1.165) is 18.2 Å². The van der Waals surface area contributed by atoms with Gasteiger partial charge in [0.25, 0.3) is 0 Å². The Morgan fingerprint density at radius 3 is 2.09 bits per heavy atom. The topological polar surface area (TPSA) is 118 Å². The maximum atomic E-state index is 11.3. The molecule has 1 N–H and O–H groups in total. The van der Waals surface area contributed by atoms with Gasteiger partial charge < -0.3 is 24.9 Å². The molecule has 2 aromatic carbocycles. The molecule has 0 amide bonds. The van der Waals surface area contributed by atoms with Crippen LogP contribution < -0.4 is 10.2 Å². The van der Waals surface area contributed by atoms with Gasteiger partial charge in [0.1, 0.15) is 0 Å². The molecule has 0 aliphatic rings. The van der Waals surface area contributed by atoms with Crippen molar-refractivity contribution in [3.8, 4) is 11.1 Å². The van der Waals surface area contributed by atoms with Crippen molar-refractivity contribution in [2.75, 3.05) is 0 Å². The van der Waals surface area contributed by atoms with Crippen LogP contribution in [0.2, 0.25) is 0 Å². The number of carbonyl (C=O) groups is 3. The highest BCUT2D eigenvalue weighted by molar-refractivity contribution is 6.03. The highest BCUT2D eigenvalue weighted by Gasteiger charge is 2.16. The molecule has 0 saturated carbocycles. The molecule has 0 heterocycles. The summed E-state index contributed by atoms with van der Waals surface area (Å²) in [5.74, 6) is -4.26. The van der Waals surface area contributed by atoms with E-state index in [2.05, 4.69) is 0 Å². The number of hydrogen-bond acceptors (Lipinski definition) is 5. The summed E-state index contributed by atoms with van der Waals surface area (Å²) in [5.41, 5.74) is 0.0367. The van der Waals surface area contributed by atoms with Gasteiger partial charge in [-0.15, -0.1) is 0 Å². The van der Waals surface area contributed by atoms with Crippen LogP contribution in [0.25, 0.3) is 11.1 Å². The SMILES string of the molecule is Cc1ccc(-c2cc(C(=O)[O-])ccc2C(=O)O)c(C(=O)[O-])c1. The van der Waals surface area contributed by atoms with Crippen LogP contribution in [-0.4, -0.2) is 23.0 Å². The van der Waals surface area contributed by atoms with E-state index < -0.39 is 17.9 Å². The predicted molar refractivity (Wildman–Crippen MR) is 72.2 cm³/mol. The smallest absolute Gasteiger partial charge is 0.336 e. The van der Waals surface area contributed by atoms with Gasteiger partial charge in [-0.3, -0.25) is 0 Å². The van der Waals surface area contributed by atoms with Crippen molar-refractivity contribution in [3.05, 3.63) is 58.7 Å². The average molecular weight is 298 g/mol. The molecule has 2 rings (SSSR count). The first kappa shape index (κ1) is 15.2. The number of carboxylic acids is 3. The van der Waals surface area contributed by atoms with Crippen molar-refractivity contribution in [1.29, 1.82) is 0 Å². The fraction of sp³-hybridized carbons (Fsp3) is 0.0625. The van der Waals surface area contributed by atoms with Crippen molar-refractivity contribution in [3.63, 3.8) is 0 Å². The molecule has 0 atom stereocenters. The summed E-state index contributed by atoms with van der Waals surface area (Å²) in [7, 11) is 0. The third kappa shape index (κ3) is 2.80. The zero-order chi connectivity index (χ0) is 16.4. The average Bonchev–Trinajstić information content (AvgIpc) is 2.46. The molecule has 6 heteroatoms. The Balaban J connectivity index is 2.80. The lowest BCUT2D eigenvalue weighted by Crippen LogP contribution is -2.24. The fourth-order valence-electron chi connectivity index (χ4n) is 2.14. The largest absolute Gasteiger partial charge is 0.545 e. The van der Waals surface area contributed by atoms with E-state index in [1.165, 1.54) is 12.1 Å². The number of carbonyl (C=O) groups excluding carboxylic acids is 2. The predicted octanol–water partition coefficient (Wildman–Crippen LogP) is 0.0872. The van der Waals surface area contributed by atoms with E-state index in [1.807, 2.05) is 0 Å². The molecule has 0 aliphatic carbocycles. The molecular weight excluding hydrogens is 288 g/mol. The quantitative estimate of drug-likeness (QED) is 0.854. The summed E-state index contributed by atoms with van der Waals surface area (Å²) < 4.78 is 0. The lowest BCUT2D eigenvalue weighted by molar-refractivity contribution is -0.256. The first-order valence-electron chi connectivity index (χ1n) is 6.22. The van der Waals surface area contributed by atoms with Gasteiger partial charge in [-0.1, -0.05) is 23.8 Å². The van der Waals surface area contributed by atoms with Crippen molar-refractivity contribution in [1.82, 2.24) is 0 Å². The molecular formula is C16H10O6-2. The summed E-state index contributed by atoms with van der Waals surface area (Å²) in [4.78, 5) is 33.5. The Morgan fingerprint density at radius 1 is 0.864 bits per heavy atom. The Hall–Kier alpha value is -3.15. The van der Waals surface area contributed by atoms with Gasteiger partial charge in [-0.25, -0.2) is 4.79 Å². The van der Waals surface area contributed by atoms with Crippen LogP contribution >= 0.6 is 0 Å². The minimum atomic E-state index is -1.49. The number of carboxylic acid groups (broad SMARTS) is 3. The van der Waals surface area contributed by atoms with Gasteiger partial charge >= 0.3 is 5.97 Å². The summed E-state index contributed by atoms with van der Waals surface area (Å²) in [6.45, 7) is 1.67. The molecule has 22 heavy (non-hydrogen) atoms. The standard InChI is InChI=1S/C16H12O6/c1-8-2-4-10(13(6-8)16(21)22)12-7-9(14(17)18)3-5-11(12)15(19)20/h2-7H,1H3,(H,17,18)(H,19,20)(H,21,22)/p-2. The molecule has 0 spiro atoms. The summed E-state index contributed by atoms with van der Waals surface area (Å²) >= 11 is 0. The Kier molecular flexibility index (Phi) is 3.94. The van der Waals surface area contributed by atoms with Crippen molar-refractivity contribution in [2.45, 2.75) is 6.92 Å². The lowest BCUT2D eigenvalue weighted by Gasteiger charge is -2.15. The van der Waals surface area contributed by atoms with Crippen molar-refractivity contribution in [2.24, 2.45) is 0 Å². The Bertz CT molecular complexity index is 791. The summed E-state index contributed by atoms with van der Waals surface area (Å²) in [6.07, 6.45) is 0. The van der Waals surface area contributed by atoms with Gasteiger partial charge in [-0.05, 0) is 41.8 Å². The van der Waals surface area contributed by atoms with Crippen LogP contribution in [0.4, 0.5) is 0 Å². The van der Waals surface area contributed by atoms with E-state index in [-0.39, 0.29) is 27.8 Å².